The quantitative estimate of drug-likeness (QED) is 0.652. The summed E-state index contributed by atoms with van der Waals surface area (Å²) in [5.41, 5.74) is 0.525. The van der Waals surface area contributed by atoms with Crippen molar-refractivity contribution in [3.05, 3.63) is 71.1 Å². The van der Waals surface area contributed by atoms with Crippen LogP contribution in [0.2, 0.25) is 0 Å². The third-order valence-electron chi connectivity index (χ3n) is 3.67. The van der Waals surface area contributed by atoms with Crippen LogP contribution in [0.25, 0.3) is 10.4 Å². The van der Waals surface area contributed by atoms with Gasteiger partial charge in [0, 0.05) is 10.6 Å². The lowest BCUT2D eigenvalue weighted by Gasteiger charge is -2.10. The van der Waals surface area contributed by atoms with Gasteiger partial charge in [-0.2, -0.15) is 0 Å². The second-order valence-corrected chi connectivity index (χ2v) is 6.38. The lowest BCUT2D eigenvalue weighted by molar-refractivity contribution is 0.102. The number of halogens is 2. The maximum Gasteiger partial charge on any atom is 0.411 e. The standard InChI is InChI=1S/C19H14F2N2O3S/c1-26-19(25)23-16-7-5-12(10-15(16)21)22-18(24)13-6-4-11(9-14(13)20)17-3-2-8-27-17/h2-10H,1H3,(H,22,24)(H,23,25). The van der Waals surface area contributed by atoms with Gasteiger partial charge in [0.25, 0.3) is 5.91 Å². The van der Waals surface area contributed by atoms with Crippen molar-refractivity contribution in [2.45, 2.75) is 0 Å². The molecule has 3 rings (SSSR count). The van der Waals surface area contributed by atoms with Gasteiger partial charge in [-0.25, -0.2) is 13.6 Å². The first-order valence-electron chi connectivity index (χ1n) is 7.77. The number of carbonyl (C=O) groups is 2. The van der Waals surface area contributed by atoms with Crippen LogP contribution in [0.5, 0.6) is 0 Å². The van der Waals surface area contributed by atoms with Gasteiger partial charge in [-0.3, -0.25) is 10.1 Å². The molecule has 0 fully saturated rings. The molecule has 1 heterocycles. The van der Waals surface area contributed by atoms with E-state index in [-0.39, 0.29) is 16.9 Å². The second-order valence-electron chi connectivity index (χ2n) is 5.44. The number of anilines is 2. The predicted molar refractivity (Wildman–Crippen MR) is 100 cm³/mol. The zero-order valence-corrected chi connectivity index (χ0v) is 14.9. The van der Waals surface area contributed by atoms with Crippen molar-refractivity contribution in [3.8, 4) is 10.4 Å². The van der Waals surface area contributed by atoms with Crippen LogP contribution in [0.15, 0.2) is 53.9 Å². The number of carbonyl (C=O) groups excluding carboxylic acids is 2. The number of thiophene rings is 1. The van der Waals surface area contributed by atoms with Crippen LogP contribution in [0, 0.1) is 11.6 Å². The fourth-order valence-corrected chi connectivity index (χ4v) is 3.07. The Hall–Kier alpha value is -3.26. The summed E-state index contributed by atoms with van der Waals surface area (Å²) in [7, 11) is 1.15. The molecule has 0 radical (unpaired) electrons. The molecule has 3 aromatic rings. The molecule has 0 saturated carbocycles. The van der Waals surface area contributed by atoms with Gasteiger partial charge in [-0.05, 0) is 47.3 Å². The molecule has 0 atom stereocenters. The Morgan fingerprint density at radius 3 is 2.44 bits per heavy atom. The number of amides is 2. The summed E-state index contributed by atoms with van der Waals surface area (Å²) in [5.74, 6) is -2.16. The first-order chi connectivity index (χ1) is 13.0. The van der Waals surface area contributed by atoms with E-state index in [4.69, 9.17) is 0 Å². The van der Waals surface area contributed by atoms with E-state index in [1.165, 1.54) is 35.6 Å². The normalized spacial score (nSPS) is 10.3. The molecule has 2 amide bonds. The minimum Gasteiger partial charge on any atom is -0.453 e. The Kier molecular flexibility index (Phi) is 5.46. The summed E-state index contributed by atoms with van der Waals surface area (Å²) in [6.07, 6.45) is -0.821. The number of rotatable bonds is 4. The topological polar surface area (TPSA) is 67.4 Å². The summed E-state index contributed by atoms with van der Waals surface area (Å²) < 4.78 is 32.7. The second kappa shape index (κ2) is 7.96. The molecule has 0 aliphatic heterocycles. The van der Waals surface area contributed by atoms with Crippen molar-refractivity contribution in [3.63, 3.8) is 0 Å². The number of methoxy groups -OCH3 is 1. The van der Waals surface area contributed by atoms with Crippen LogP contribution < -0.4 is 10.6 Å². The zero-order chi connectivity index (χ0) is 19.4. The number of hydrogen-bond acceptors (Lipinski definition) is 4. The molecule has 0 bridgehead atoms. The SMILES string of the molecule is COC(=O)Nc1ccc(NC(=O)c2ccc(-c3cccs3)cc2F)cc1F. The predicted octanol–water partition coefficient (Wildman–Crippen LogP) is 5.12. The highest BCUT2D eigenvalue weighted by atomic mass is 32.1. The highest BCUT2D eigenvalue weighted by molar-refractivity contribution is 7.13. The molecular weight excluding hydrogens is 374 g/mol. The van der Waals surface area contributed by atoms with E-state index < -0.39 is 23.6 Å². The molecule has 2 N–H and O–H groups in total. The molecule has 5 nitrogen and oxygen atoms in total. The average molecular weight is 388 g/mol. The molecule has 0 saturated heterocycles. The highest BCUT2D eigenvalue weighted by Crippen LogP contribution is 2.27. The van der Waals surface area contributed by atoms with Crippen molar-refractivity contribution < 1.29 is 23.1 Å². The molecule has 138 valence electrons. The summed E-state index contributed by atoms with van der Waals surface area (Å²) in [4.78, 5) is 24.3. The smallest absolute Gasteiger partial charge is 0.411 e. The molecular formula is C19H14F2N2O3S. The fourth-order valence-electron chi connectivity index (χ4n) is 2.35. The minimum atomic E-state index is -0.821. The molecule has 0 aliphatic rings. The van der Waals surface area contributed by atoms with Crippen molar-refractivity contribution in [1.82, 2.24) is 0 Å². The van der Waals surface area contributed by atoms with E-state index in [2.05, 4.69) is 15.4 Å². The van der Waals surface area contributed by atoms with Crippen LogP contribution in [0.1, 0.15) is 10.4 Å². The van der Waals surface area contributed by atoms with E-state index in [0.717, 1.165) is 18.1 Å². The summed E-state index contributed by atoms with van der Waals surface area (Å²) in [5, 5.41) is 6.50. The third-order valence-corrected chi connectivity index (χ3v) is 4.59. The molecule has 0 unspecified atom stereocenters. The van der Waals surface area contributed by atoms with E-state index in [0.29, 0.717) is 5.56 Å². The minimum absolute atomic E-state index is 0.105. The van der Waals surface area contributed by atoms with Crippen molar-refractivity contribution >= 4 is 34.7 Å². The Morgan fingerprint density at radius 2 is 1.81 bits per heavy atom. The number of nitrogens with one attached hydrogen (secondary N) is 2. The van der Waals surface area contributed by atoms with Crippen molar-refractivity contribution in [1.29, 1.82) is 0 Å². The average Bonchev–Trinajstić information content (AvgIpc) is 3.18. The van der Waals surface area contributed by atoms with Crippen LogP contribution in [0.3, 0.4) is 0 Å². The van der Waals surface area contributed by atoms with Gasteiger partial charge in [-0.1, -0.05) is 12.1 Å². The fraction of sp³-hybridized carbons (Fsp3) is 0.0526. The monoisotopic (exact) mass is 388 g/mol. The lowest BCUT2D eigenvalue weighted by Crippen LogP contribution is -2.15. The Balaban J connectivity index is 1.75. The van der Waals surface area contributed by atoms with Crippen LogP contribution in [-0.4, -0.2) is 19.1 Å². The molecule has 8 heteroatoms. The zero-order valence-electron chi connectivity index (χ0n) is 14.1. The van der Waals surface area contributed by atoms with Crippen molar-refractivity contribution in [2.75, 3.05) is 17.7 Å². The Morgan fingerprint density at radius 1 is 1.00 bits per heavy atom. The maximum absolute atomic E-state index is 14.3. The third kappa shape index (κ3) is 4.29. The number of ether oxygens (including phenoxy) is 1. The van der Waals surface area contributed by atoms with Gasteiger partial charge in [0.15, 0.2) is 0 Å². The van der Waals surface area contributed by atoms with Crippen LogP contribution in [-0.2, 0) is 4.74 Å². The highest BCUT2D eigenvalue weighted by Gasteiger charge is 2.15. The van der Waals surface area contributed by atoms with Crippen molar-refractivity contribution in [2.24, 2.45) is 0 Å². The number of benzene rings is 2. The van der Waals surface area contributed by atoms with Gasteiger partial charge < -0.3 is 10.1 Å². The Labute approximate surface area is 157 Å². The van der Waals surface area contributed by atoms with Gasteiger partial charge in [-0.15, -0.1) is 11.3 Å². The lowest BCUT2D eigenvalue weighted by atomic mass is 10.1. The Bertz CT molecular complexity index is 991. The van der Waals surface area contributed by atoms with Gasteiger partial charge >= 0.3 is 6.09 Å². The van der Waals surface area contributed by atoms with E-state index in [9.17, 15) is 18.4 Å². The first kappa shape index (κ1) is 18.5. The van der Waals surface area contributed by atoms with Gasteiger partial charge in [0.2, 0.25) is 0 Å². The van der Waals surface area contributed by atoms with E-state index in [1.807, 2.05) is 17.5 Å². The molecule has 1 aromatic heterocycles. The molecule has 2 aromatic carbocycles. The van der Waals surface area contributed by atoms with Gasteiger partial charge in [0.05, 0.1) is 18.4 Å². The van der Waals surface area contributed by atoms with Crippen LogP contribution >= 0.6 is 11.3 Å². The molecule has 27 heavy (non-hydrogen) atoms. The summed E-state index contributed by atoms with van der Waals surface area (Å²) >= 11 is 1.46. The van der Waals surface area contributed by atoms with E-state index in [1.54, 1.807) is 6.07 Å². The summed E-state index contributed by atoms with van der Waals surface area (Å²) in [6, 6.07) is 11.7. The largest absolute Gasteiger partial charge is 0.453 e. The first-order valence-corrected chi connectivity index (χ1v) is 8.65. The maximum atomic E-state index is 14.3. The molecule has 0 spiro atoms. The van der Waals surface area contributed by atoms with Crippen LogP contribution in [0.4, 0.5) is 25.0 Å². The molecule has 0 aliphatic carbocycles. The summed E-state index contributed by atoms with van der Waals surface area (Å²) in [6.45, 7) is 0. The van der Waals surface area contributed by atoms with Gasteiger partial charge in [0.1, 0.15) is 11.6 Å². The number of hydrogen-bond donors (Lipinski definition) is 2. The van der Waals surface area contributed by atoms with E-state index >= 15 is 0 Å².